The van der Waals surface area contributed by atoms with Crippen molar-refractivity contribution in [1.82, 2.24) is 0 Å². The molecule has 3 heteroatoms. The number of hydrogen-bond acceptors (Lipinski definition) is 2. The van der Waals surface area contributed by atoms with Crippen LogP contribution in [0.1, 0.15) is 43.2 Å². The van der Waals surface area contributed by atoms with Gasteiger partial charge in [-0.2, -0.15) is 0 Å². The molecule has 2 aromatic carbocycles. The first-order valence-electron chi connectivity index (χ1n) is 8.91. The summed E-state index contributed by atoms with van der Waals surface area (Å²) in [5.41, 5.74) is 4.21. The highest BCUT2D eigenvalue weighted by molar-refractivity contribution is 5.92. The molecule has 3 nitrogen and oxygen atoms in total. The van der Waals surface area contributed by atoms with Crippen LogP contribution in [0.25, 0.3) is 0 Å². The molecule has 1 saturated carbocycles. The van der Waals surface area contributed by atoms with E-state index >= 15 is 0 Å². The van der Waals surface area contributed by atoms with Crippen molar-refractivity contribution in [3.05, 3.63) is 59.7 Å². The predicted molar refractivity (Wildman–Crippen MR) is 100 cm³/mol. The number of carbonyl (C=O) groups is 1. The Kier molecular flexibility index (Phi) is 5.52. The molecule has 1 aliphatic carbocycles. The number of amides is 1. The fourth-order valence-electron chi connectivity index (χ4n) is 3.35. The van der Waals surface area contributed by atoms with Gasteiger partial charge in [0.15, 0.2) is 0 Å². The van der Waals surface area contributed by atoms with Crippen molar-refractivity contribution < 1.29 is 4.79 Å². The number of nitrogens with one attached hydrogen (secondary N) is 2. The number of carbonyl (C=O) groups excluding carboxylic acids is 1. The van der Waals surface area contributed by atoms with Crippen molar-refractivity contribution in [3.8, 4) is 0 Å². The lowest BCUT2D eigenvalue weighted by atomic mass is 9.95. The number of hydrogen-bond donors (Lipinski definition) is 2. The summed E-state index contributed by atoms with van der Waals surface area (Å²) < 4.78 is 0. The highest BCUT2D eigenvalue weighted by Crippen LogP contribution is 2.22. The lowest BCUT2D eigenvalue weighted by Gasteiger charge is -2.23. The second-order valence-electron chi connectivity index (χ2n) is 6.77. The maximum Gasteiger partial charge on any atom is 0.228 e. The second kappa shape index (κ2) is 8.00. The number of anilines is 2. The van der Waals surface area contributed by atoms with Crippen LogP contribution < -0.4 is 10.6 Å². The van der Waals surface area contributed by atoms with Gasteiger partial charge in [-0.05, 0) is 49.6 Å². The van der Waals surface area contributed by atoms with Crippen LogP contribution in [0.15, 0.2) is 48.5 Å². The zero-order chi connectivity index (χ0) is 16.8. The number of benzene rings is 2. The van der Waals surface area contributed by atoms with Crippen molar-refractivity contribution in [2.45, 2.75) is 51.5 Å². The molecule has 0 aliphatic heterocycles. The van der Waals surface area contributed by atoms with Gasteiger partial charge in [0, 0.05) is 17.4 Å². The van der Waals surface area contributed by atoms with Gasteiger partial charge in [-0.15, -0.1) is 0 Å². The van der Waals surface area contributed by atoms with E-state index in [1.807, 2.05) is 37.3 Å². The van der Waals surface area contributed by atoms with Crippen molar-refractivity contribution in [3.63, 3.8) is 0 Å². The molecule has 0 unspecified atom stereocenters. The fourth-order valence-corrected chi connectivity index (χ4v) is 3.35. The topological polar surface area (TPSA) is 41.1 Å². The molecule has 1 amide bonds. The smallest absolute Gasteiger partial charge is 0.228 e. The van der Waals surface area contributed by atoms with Crippen molar-refractivity contribution in [1.29, 1.82) is 0 Å². The zero-order valence-corrected chi connectivity index (χ0v) is 14.3. The summed E-state index contributed by atoms with van der Waals surface area (Å²) in [5, 5.41) is 6.57. The molecule has 1 aliphatic rings. The summed E-state index contributed by atoms with van der Waals surface area (Å²) in [7, 11) is 0. The lowest BCUT2D eigenvalue weighted by molar-refractivity contribution is -0.115. The van der Waals surface area contributed by atoms with Crippen LogP contribution in [0.4, 0.5) is 11.4 Å². The third-order valence-electron chi connectivity index (χ3n) is 4.59. The molecular weight excluding hydrogens is 296 g/mol. The maximum absolute atomic E-state index is 12.2. The SMILES string of the molecule is Cc1cccc(CC(=O)Nc2ccc(NC3CCCCC3)cc2)c1. The van der Waals surface area contributed by atoms with E-state index in [1.54, 1.807) is 0 Å². The summed E-state index contributed by atoms with van der Waals surface area (Å²) in [6, 6.07) is 16.7. The minimum atomic E-state index is 0.0218. The largest absolute Gasteiger partial charge is 0.382 e. The van der Waals surface area contributed by atoms with Crippen LogP contribution in [-0.4, -0.2) is 11.9 Å². The van der Waals surface area contributed by atoms with Gasteiger partial charge in [-0.25, -0.2) is 0 Å². The first kappa shape index (κ1) is 16.6. The van der Waals surface area contributed by atoms with Gasteiger partial charge < -0.3 is 10.6 Å². The van der Waals surface area contributed by atoms with Gasteiger partial charge in [0.25, 0.3) is 0 Å². The van der Waals surface area contributed by atoms with Gasteiger partial charge in [-0.3, -0.25) is 4.79 Å². The Hall–Kier alpha value is -2.29. The van der Waals surface area contributed by atoms with Crippen LogP contribution in [-0.2, 0) is 11.2 Å². The van der Waals surface area contributed by atoms with Gasteiger partial charge in [0.1, 0.15) is 0 Å². The first-order valence-corrected chi connectivity index (χ1v) is 8.91. The van der Waals surface area contributed by atoms with Crippen molar-refractivity contribution >= 4 is 17.3 Å². The monoisotopic (exact) mass is 322 g/mol. The Labute approximate surface area is 144 Å². The van der Waals surface area contributed by atoms with E-state index in [9.17, 15) is 4.79 Å². The van der Waals surface area contributed by atoms with Crippen molar-refractivity contribution in [2.24, 2.45) is 0 Å². The molecule has 0 saturated heterocycles. The van der Waals surface area contributed by atoms with Crippen molar-refractivity contribution in [2.75, 3.05) is 10.6 Å². The molecule has 2 aromatic rings. The molecule has 1 fully saturated rings. The number of aryl methyl sites for hydroxylation is 1. The van der Waals surface area contributed by atoms with Gasteiger partial charge in [0.05, 0.1) is 6.42 Å². The molecule has 2 N–H and O–H groups in total. The van der Waals surface area contributed by atoms with Crippen LogP contribution >= 0.6 is 0 Å². The summed E-state index contributed by atoms with van der Waals surface area (Å²) in [6.45, 7) is 2.04. The summed E-state index contributed by atoms with van der Waals surface area (Å²) >= 11 is 0. The summed E-state index contributed by atoms with van der Waals surface area (Å²) in [5.74, 6) is 0.0218. The molecule has 0 radical (unpaired) electrons. The van der Waals surface area contributed by atoms with E-state index < -0.39 is 0 Å². The quantitative estimate of drug-likeness (QED) is 0.820. The van der Waals surface area contributed by atoms with E-state index in [0.717, 1.165) is 16.9 Å². The molecular formula is C21H26N2O. The Morgan fingerprint density at radius 3 is 2.42 bits per heavy atom. The molecule has 0 heterocycles. The lowest BCUT2D eigenvalue weighted by Crippen LogP contribution is -2.22. The molecule has 0 aromatic heterocycles. The molecule has 126 valence electrons. The summed E-state index contributed by atoms with van der Waals surface area (Å²) in [4.78, 5) is 12.2. The van der Waals surface area contributed by atoms with Crippen LogP contribution in [0.3, 0.4) is 0 Å². The minimum Gasteiger partial charge on any atom is -0.382 e. The van der Waals surface area contributed by atoms with Gasteiger partial charge >= 0.3 is 0 Å². The standard InChI is InChI=1S/C21H26N2O/c1-16-6-5-7-17(14-16)15-21(24)23-20-12-10-19(11-13-20)22-18-8-3-2-4-9-18/h5-7,10-14,18,22H,2-4,8-9,15H2,1H3,(H,23,24). The van der Waals surface area contributed by atoms with Crippen LogP contribution in [0.2, 0.25) is 0 Å². The molecule has 0 spiro atoms. The Balaban J connectivity index is 1.52. The number of rotatable bonds is 5. The molecule has 0 atom stereocenters. The minimum absolute atomic E-state index is 0.0218. The van der Waals surface area contributed by atoms with E-state index in [4.69, 9.17) is 0 Å². The second-order valence-corrected chi connectivity index (χ2v) is 6.77. The van der Waals surface area contributed by atoms with E-state index in [1.165, 1.54) is 37.7 Å². The van der Waals surface area contributed by atoms with E-state index in [-0.39, 0.29) is 5.91 Å². The fraction of sp³-hybridized carbons (Fsp3) is 0.381. The van der Waals surface area contributed by atoms with E-state index in [0.29, 0.717) is 12.5 Å². The Morgan fingerprint density at radius 2 is 1.71 bits per heavy atom. The third kappa shape index (κ3) is 4.85. The average Bonchev–Trinajstić information content (AvgIpc) is 2.57. The van der Waals surface area contributed by atoms with E-state index in [2.05, 4.69) is 28.8 Å². The molecule has 3 rings (SSSR count). The third-order valence-corrected chi connectivity index (χ3v) is 4.59. The first-order chi connectivity index (χ1) is 11.7. The molecule has 24 heavy (non-hydrogen) atoms. The molecule has 0 bridgehead atoms. The summed E-state index contributed by atoms with van der Waals surface area (Å²) in [6.07, 6.45) is 6.94. The zero-order valence-electron chi connectivity index (χ0n) is 14.3. The normalized spacial score (nSPS) is 15.0. The van der Waals surface area contributed by atoms with Crippen LogP contribution in [0.5, 0.6) is 0 Å². The van der Waals surface area contributed by atoms with Gasteiger partial charge in [-0.1, -0.05) is 49.1 Å². The highest BCUT2D eigenvalue weighted by atomic mass is 16.1. The van der Waals surface area contributed by atoms with Gasteiger partial charge in [0.2, 0.25) is 5.91 Å². The average molecular weight is 322 g/mol. The highest BCUT2D eigenvalue weighted by Gasteiger charge is 2.12. The maximum atomic E-state index is 12.2. The predicted octanol–water partition coefficient (Wildman–Crippen LogP) is 4.92. The Morgan fingerprint density at radius 1 is 1.00 bits per heavy atom. The van der Waals surface area contributed by atoms with Crippen LogP contribution in [0, 0.1) is 6.92 Å². The Bertz CT molecular complexity index is 672.